The van der Waals surface area contributed by atoms with Crippen molar-refractivity contribution in [2.45, 2.75) is 12.5 Å². The van der Waals surface area contributed by atoms with Crippen LogP contribution in [0.5, 0.6) is 0 Å². The number of fused-ring (bicyclic) bond motifs is 1. The lowest BCUT2D eigenvalue weighted by Crippen LogP contribution is -2.29. The minimum Gasteiger partial charge on any atom is -0.271 e. The maximum Gasteiger partial charge on any atom is 0.0500 e. The molecule has 20 heavy (non-hydrogen) atoms. The van der Waals surface area contributed by atoms with Crippen LogP contribution < -0.4 is 11.3 Å². The van der Waals surface area contributed by atoms with E-state index in [2.05, 4.69) is 81.9 Å². The number of nitrogens with one attached hydrogen (secondary N) is 1. The molecule has 0 fully saturated rings. The normalized spacial score (nSPS) is 12.7. The third-order valence-electron chi connectivity index (χ3n) is 3.46. The maximum absolute atomic E-state index is 5.76. The van der Waals surface area contributed by atoms with E-state index in [9.17, 15) is 0 Å². The zero-order valence-corrected chi connectivity index (χ0v) is 13.8. The van der Waals surface area contributed by atoms with E-state index < -0.39 is 0 Å². The molecule has 0 amide bonds. The zero-order valence-electron chi connectivity index (χ0n) is 10.8. The number of hydrogen-bond donors (Lipinski definition) is 2. The Balaban J connectivity index is 1.89. The van der Waals surface area contributed by atoms with E-state index in [1.807, 2.05) is 0 Å². The monoisotopic (exact) mass is 394 g/mol. The summed E-state index contributed by atoms with van der Waals surface area (Å²) in [5.74, 6) is 5.76. The van der Waals surface area contributed by atoms with Gasteiger partial charge in [-0.15, -0.1) is 11.3 Å². The number of rotatable bonds is 4. The molecule has 4 heteroatoms. The molecule has 2 nitrogen and oxygen atoms in total. The van der Waals surface area contributed by atoms with Crippen molar-refractivity contribution in [3.8, 4) is 0 Å². The Kier molecular flexibility index (Phi) is 4.35. The minimum absolute atomic E-state index is 0.144. The molecular weight excluding hydrogens is 379 g/mol. The van der Waals surface area contributed by atoms with Gasteiger partial charge in [0.2, 0.25) is 0 Å². The van der Waals surface area contributed by atoms with Crippen molar-refractivity contribution < 1.29 is 0 Å². The van der Waals surface area contributed by atoms with Gasteiger partial charge in [0.1, 0.15) is 0 Å². The fourth-order valence-electron chi connectivity index (χ4n) is 2.38. The lowest BCUT2D eigenvalue weighted by atomic mass is 9.99. The van der Waals surface area contributed by atoms with Crippen LogP contribution in [0, 0.1) is 3.57 Å². The number of hydrogen-bond acceptors (Lipinski definition) is 3. The van der Waals surface area contributed by atoms with Crippen molar-refractivity contribution in [3.05, 3.63) is 68.6 Å². The predicted octanol–water partition coefficient (Wildman–Crippen LogP) is 4.25. The summed E-state index contributed by atoms with van der Waals surface area (Å²) in [6, 6.07) is 17.2. The summed E-state index contributed by atoms with van der Waals surface area (Å²) in [6.07, 6.45) is 0.904. The molecule has 1 atom stereocenters. The molecule has 2 aromatic carbocycles. The molecule has 0 aliphatic heterocycles. The van der Waals surface area contributed by atoms with Crippen LogP contribution in [0.4, 0.5) is 0 Å². The Hall–Kier alpha value is -0.950. The van der Waals surface area contributed by atoms with E-state index in [4.69, 9.17) is 5.84 Å². The molecule has 0 saturated heterocycles. The van der Waals surface area contributed by atoms with Crippen LogP contribution in [-0.2, 0) is 6.42 Å². The van der Waals surface area contributed by atoms with Crippen LogP contribution in [0.25, 0.3) is 10.1 Å². The van der Waals surface area contributed by atoms with Gasteiger partial charge in [-0.1, -0.05) is 30.3 Å². The van der Waals surface area contributed by atoms with Crippen molar-refractivity contribution in [3.63, 3.8) is 0 Å². The highest BCUT2D eigenvalue weighted by Crippen LogP contribution is 2.29. The van der Waals surface area contributed by atoms with Gasteiger partial charge >= 0.3 is 0 Å². The smallest absolute Gasteiger partial charge is 0.0500 e. The van der Waals surface area contributed by atoms with Crippen LogP contribution >= 0.6 is 33.9 Å². The highest BCUT2D eigenvalue weighted by atomic mass is 127. The third-order valence-corrected chi connectivity index (χ3v) is 5.19. The number of hydrazine groups is 1. The lowest BCUT2D eigenvalue weighted by Gasteiger charge is -2.16. The summed E-state index contributed by atoms with van der Waals surface area (Å²) in [7, 11) is 0. The van der Waals surface area contributed by atoms with Crippen LogP contribution in [0.1, 0.15) is 17.2 Å². The van der Waals surface area contributed by atoms with Gasteiger partial charge in [-0.05, 0) is 69.1 Å². The fraction of sp³-hybridized carbons (Fsp3) is 0.125. The number of thiophene rings is 1. The molecule has 102 valence electrons. The van der Waals surface area contributed by atoms with Gasteiger partial charge in [0.05, 0.1) is 6.04 Å². The molecule has 0 saturated carbocycles. The molecule has 0 bridgehead atoms. The zero-order chi connectivity index (χ0) is 13.9. The maximum atomic E-state index is 5.76. The van der Waals surface area contributed by atoms with Crippen LogP contribution in [0.2, 0.25) is 0 Å². The van der Waals surface area contributed by atoms with E-state index in [1.54, 1.807) is 11.3 Å². The number of halogens is 1. The average molecular weight is 394 g/mol. The Labute approximate surface area is 136 Å². The molecule has 3 rings (SSSR count). The summed E-state index contributed by atoms with van der Waals surface area (Å²) in [6.45, 7) is 0. The Morgan fingerprint density at radius 2 is 1.85 bits per heavy atom. The second-order valence-electron chi connectivity index (χ2n) is 4.73. The first-order chi connectivity index (χ1) is 9.78. The molecule has 3 aromatic rings. The van der Waals surface area contributed by atoms with Gasteiger partial charge in [0.25, 0.3) is 0 Å². The molecule has 1 unspecified atom stereocenters. The number of nitrogens with two attached hydrogens (primary N) is 1. The summed E-state index contributed by atoms with van der Waals surface area (Å²) in [5, 5.41) is 3.57. The summed E-state index contributed by atoms with van der Waals surface area (Å²) in [5.41, 5.74) is 5.52. The number of benzene rings is 2. The first kappa shape index (κ1) is 14.0. The van der Waals surface area contributed by atoms with E-state index in [1.165, 1.54) is 24.8 Å². The highest BCUT2D eigenvalue weighted by molar-refractivity contribution is 14.1. The SMILES string of the molecule is NNC(Cc1csc2ccccc12)c1ccc(I)cc1. The second kappa shape index (κ2) is 6.22. The summed E-state index contributed by atoms with van der Waals surface area (Å²) >= 11 is 4.11. The van der Waals surface area contributed by atoms with Crippen molar-refractivity contribution in [2.75, 3.05) is 0 Å². The highest BCUT2D eigenvalue weighted by Gasteiger charge is 2.13. The van der Waals surface area contributed by atoms with Crippen molar-refractivity contribution in [2.24, 2.45) is 5.84 Å². The standard InChI is InChI=1S/C16H15IN2S/c17-13-7-5-11(6-8-13)15(19-18)9-12-10-20-16-4-2-1-3-14(12)16/h1-8,10,15,19H,9,18H2. The van der Waals surface area contributed by atoms with E-state index in [0.29, 0.717) is 0 Å². The van der Waals surface area contributed by atoms with E-state index in [-0.39, 0.29) is 6.04 Å². The molecule has 0 radical (unpaired) electrons. The molecular formula is C16H15IN2S. The van der Waals surface area contributed by atoms with Gasteiger partial charge in [-0.3, -0.25) is 11.3 Å². The third kappa shape index (κ3) is 2.88. The van der Waals surface area contributed by atoms with Crippen molar-refractivity contribution in [1.29, 1.82) is 0 Å². The Morgan fingerprint density at radius 1 is 1.10 bits per heavy atom. The molecule has 0 aliphatic carbocycles. The molecule has 3 N–H and O–H groups in total. The largest absolute Gasteiger partial charge is 0.271 e. The Bertz CT molecular complexity index is 706. The Morgan fingerprint density at radius 3 is 2.60 bits per heavy atom. The quantitative estimate of drug-likeness (QED) is 0.395. The first-order valence-corrected chi connectivity index (χ1v) is 8.40. The van der Waals surface area contributed by atoms with E-state index >= 15 is 0 Å². The fourth-order valence-corrected chi connectivity index (χ4v) is 3.71. The van der Waals surface area contributed by atoms with Crippen molar-refractivity contribution in [1.82, 2.24) is 5.43 Å². The molecule has 0 aliphatic rings. The average Bonchev–Trinajstić information content (AvgIpc) is 2.89. The van der Waals surface area contributed by atoms with Gasteiger partial charge in [-0.25, -0.2) is 0 Å². The molecule has 1 heterocycles. The molecule has 1 aromatic heterocycles. The van der Waals surface area contributed by atoms with Crippen LogP contribution in [0.15, 0.2) is 53.9 Å². The van der Waals surface area contributed by atoms with Gasteiger partial charge in [0.15, 0.2) is 0 Å². The molecule has 0 spiro atoms. The summed E-state index contributed by atoms with van der Waals surface area (Å²) in [4.78, 5) is 0. The summed E-state index contributed by atoms with van der Waals surface area (Å²) < 4.78 is 2.57. The van der Waals surface area contributed by atoms with Crippen LogP contribution in [-0.4, -0.2) is 0 Å². The topological polar surface area (TPSA) is 38.0 Å². The van der Waals surface area contributed by atoms with Gasteiger partial charge < -0.3 is 0 Å². The predicted molar refractivity (Wildman–Crippen MR) is 94.8 cm³/mol. The minimum atomic E-state index is 0.144. The second-order valence-corrected chi connectivity index (χ2v) is 6.89. The van der Waals surface area contributed by atoms with Gasteiger partial charge in [0, 0.05) is 8.27 Å². The first-order valence-electron chi connectivity index (χ1n) is 6.44. The van der Waals surface area contributed by atoms with E-state index in [0.717, 1.165) is 6.42 Å². The van der Waals surface area contributed by atoms with Crippen molar-refractivity contribution >= 4 is 44.0 Å². The van der Waals surface area contributed by atoms with Gasteiger partial charge in [-0.2, -0.15) is 0 Å². The lowest BCUT2D eigenvalue weighted by molar-refractivity contribution is 0.554. The van der Waals surface area contributed by atoms with Crippen LogP contribution in [0.3, 0.4) is 0 Å².